The SMILES string of the molecule is Nc1cc(S(=O)(=O)O)[nH]c(=O)n1. The van der Waals surface area contributed by atoms with E-state index in [9.17, 15) is 13.2 Å². The second kappa shape index (κ2) is 2.57. The van der Waals surface area contributed by atoms with Gasteiger partial charge in [0.25, 0.3) is 0 Å². The summed E-state index contributed by atoms with van der Waals surface area (Å²) in [6, 6.07) is 0.844. The molecule has 0 aliphatic carbocycles. The van der Waals surface area contributed by atoms with Crippen molar-refractivity contribution in [3.8, 4) is 0 Å². The Bertz CT molecular complexity index is 448. The lowest BCUT2D eigenvalue weighted by Gasteiger charge is -1.95. The molecule has 0 aromatic carbocycles. The highest BCUT2D eigenvalue weighted by Crippen LogP contribution is 2.03. The minimum atomic E-state index is -4.42. The number of rotatable bonds is 1. The summed E-state index contributed by atoms with van der Waals surface area (Å²) in [7, 11) is -4.42. The minimum Gasteiger partial charge on any atom is -0.383 e. The van der Waals surface area contributed by atoms with Gasteiger partial charge in [0.05, 0.1) is 0 Å². The second-order valence-corrected chi connectivity index (χ2v) is 3.34. The fourth-order valence-electron chi connectivity index (χ4n) is 0.592. The zero-order valence-corrected chi connectivity index (χ0v) is 6.50. The van der Waals surface area contributed by atoms with Crippen molar-refractivity contribution in [2.45, 2.75) is 5.03 Å². The minimum absolute atomic E-state index is 0.272. The summed E-state index contributed by atoms with van der Waals surface area (Å²) in [4.78, 5) is 15.5. The van der Waals surface area contributed by atoms with E-state index in [1.54, 1.807) is 4.98 Å². The molecule has 0 aliphatic rings. The number of anilines is 1. The molecule has 12 heavy (non-hydrogen) atoms. The predicted molar refractivity (Wildman–Crippen MR) is 39.1 cm³/mol. The van der Waals surface area contributed by atoms with Crippen LogP contribution in [0.15, 0.2) is 15.9 Å². The molecule has 1 aromatic rings. The summed E-state index contributed by atoms with van der Waals surface area (Å²) in [5.41, 5.74) is 4.12. The molecule has 0 bridgehead atoms. The molecule has 0 radical (unpaired) electrons. The quantitative estimate of drug-likeness (QED) is 0.370. The average Bonchev–Trinajstić information content (AvgIpc) is 1.82. The number of aromatic amines is 1. The van der Waals surface area contributed by atoms with Crippen molar-refractivity contribution in [3.63, 3.8) is 0 Å². The summed E-state index contributed by atoms with van der Waals surface area (Å²) in [6.07, 6.45) is 0. The molecule has 0 saturated carbocycles. The van der Waals surface area contributed by atoms with E-state index in [0.717, 1.165) is 6.07 Å². The smallest absolute Gasteiger partial charge is 0.347 e. The number of hydrogen-bond donors (Lipinski definition) is 3. The fraction of sp³-hybridized carbons (Fsp3) is 0. The monoisotopic (exact) mass is 191 g/mol. The predicted octanol–water partition coefficient (Wildman–Crippen LogP) is -1.40. The molecule has 66 valence electrons. The summed E-state index contributed by atoms with van der Waals surface area (Å²) >= 11 is 0. The van der Waals surface area contributed by atoms with E-state index in [2.05, 4.69) is 4.98 Å². The van der Waals surface area contributed by atoms with Crippen LogP contribution in [-0.2, 0) is 10.1 Å². The van der Waals surface area contributed by atoms with Crippen molar-refractivity contribution in [1.29, 1.82) is 0 Å². The van der Waals surface area contributed by atoms with E-state index in [1.165, 1.54) is 0 Å². The summed E-state index contributed by atoms with van der Waals surface area (Å²) in [5, 5.41) is -0.667. The Morgan fingerprint density at radius 3 is 2.58 bits per heavy atom. The van der Waals surface area contributed by atoms with Crippen molar-refractivity contribution in [3.05, 3.63) is 16.6 Å². The van der Waals surface area contributed by atoms with Gasteiger partial charge in [0.15, 0.2) is 5.03 Å². The van der Waals surface area contributed by atoms with Gasteiger partial charge in [-0.2, -0.15) is 13.4 Å². The molecule has 7 nitrogen and oxygen atoms in total. The third-order valence-corrected chi connectivity index (χ3v) is 1.79. The number of nitrogens with zero attached hydrogens (tertiary/aromatic N) is 1. The lowest BCUT2D eigenvalue weighted by molar-refractivity contribution is 0.478. The van der Waals surface area contributed by atoms with Gasteiger partial charge >= 0.3 is 15.8 Å². The van der Waals surface area contributed by atoms with Gasteiger partial charge in [-0.15, -0.1) is 0 Å². The van der Waals surface area contributed by atoms with Crippen LogP contribution in [0.5, 0.6) is 0 Å². The van der Waals surface area contributed by atoms with Crippen molar-refractivity contribution in [1.82, 2.24) is 9.97 Å². The Morgan fingerprint density at radius 1 is 1.58 bits per heavy atom. The van der Waals surface area contributed by atoms with Gasteiger partial charge in [-0.25, -0.2) is 4.79 Å². The Hall–Kier alpha value is -1.41. The number of nitrogens with one attached hydrogen (secondary N) is 1. The van der Waals surface area contributed by atoms with E-state index in [1.807, 2.05) is 0 Å². The molecule has 1 heterocycles. The van der Waals surface area contributed by atoms with E-state index >= 15 is 0 Å². The van der Waals surface area contributed by atoms with Gasteiger partial charge < -0.3 is 5.73 Å². The van der Waals surface area contributed by atoms with Crippen LogP contribution in [0.3, 0.4) is 0 Å². The van der Waals surface area contributed by atoms with Crippen molar-refractivity contribution < 1.29 is 13.0 Å². The third kappa shape index (κ3) is 1.80. The highest BCUT2D eigenvalue weighted by atomic mass is 32.2. The number of H-pyrrole nitrogens is 1. The van der Waals surface area contributed by atoms with Crippen LogP contribution in [0.4, 0.5) is 5.82 Å². The maximum absolute atomic E-state index is 10.5. The number of hydrogen-bond acceptors (Lipinski definition) is 5. The van der Waals surface area contributed by atoms with E-state index in [4.69, 9.17) is 10.3 Å². The largest absolute Gasteiger partial charge is 0.383 e. The molecule has 4 N–H and O–H groups in total. The first kappa shape index (κ1) is 8.68. The highest BCUT2D eigenvalue weighted by molar-refractivity contribution is 7.85. The van der Waals surface area contributed by atoms with E-state index in [0.29, 0.717) is 0 Å². The van der Waals surface area contributed by atoms with Gasteiger partial charge in [-0.3, -0.25) is 9.54 Å². The first-order valence-electron chi connectivity index (χ1n) is 2.74. The van der Waals surface area contributed by atoms with Gasteiger partial charge in [0, 0.05) is 6.07 Å². The molecule has 1 rings (SSSR count). The van der Waals surface area contributed by atoms with Crippen molar-refractivity contribution in [2.24, 2.45) is 0 Å². The molecule has 0 aliphatic heterocycles. The van der Waals surface area contributed by atoms with Crippen LogP contribution in [0.1, 0.15) is 0 Å². The molecule has 0 amide bonds. The van der Waals surface area contributed by atoms with Crippen LogP contribution in [-0.4, -0.2) is 22.9 Å². The average molecular weight is 191 g/mol. The van der Waals surface area contributed by atoms with Gasteiger partial charge in [-0.05, 0) is 0 Å². The lowest BCUT2D eigenvalue weighted by atomic mass is 10.6. The fourth-order valence-corrected chi connectivity index (χ4v) is 1.08. The van der Waals surface area contributed by atoms with E-state index < -0.39 is 20.8 Å². The van der Waals surface area contributed by atoms with E-state index in [-0.39, 0.29) is 5.82 Å². The molecule has 0 atom stereocenters. The van der Waals surface area contributed by atoms with Crippen LogP contribution >= 0.6 is 0 Å². The normalized spacial score (nSPS) is 11.4. The van der Waals surface area contributed by atoms with Gasteiger partial charge in [-0.1, -0.05) is 0 Å². The molecule has 0 saturated heterocycles. The van der Waals surface area contributed by atoms with Crippen LogP contribution in [0.25, 0.3) is 0 Å². The number of nitrogen functional groups attached to an aromatic ring is 1. The zero-order valence-electron chi connectivity index (χ0n) is 5.68. The standard InChI is InChI=1S/C4H5N3O4S/c5-2-1-3(12(9,10)11)7-4(8)6-2/h1H,(H,9,10,11)(H3,5,6,7,8). The molecule has 1 aromatic heterocycles. The molecule has 0 fully saturated rings. The van der Waals surface area contributed by atoms with Crippen LogP contribution in [0, 0.1) is 0 Å². The molecule has 0 spiro atoms. The Labute approximate surface area is 67.0 Å². The highest BCUT2D eigenvalue weighted by Gasteiger charge is 2.11. The Kier molecular flexibility index (Phi) is 1.86. The number of aromatic nitrogens is 2. The molecular weight excluding hydrogens is 186 g/mol. The maximum atomic E-state index is 10.5. The first-order chi connectivity index (χ1) is 5.39. The Balaban J connectivity index is 3.48. The van der Waals surface area contributed by atoms with Crippen molar-refractivity contribution >= 4 is 15.9 Å². The molecule has 8 heteroatoms. The van der Waals surface area contributed by atoms with Crippen molar-refractivity contribution in [2.75, 3.05) is 5.73 Å². The topological polar surface area (TPSA) is 126 Å². The molecular formula is C4H5N3O4S. The van der Waals surface area contributed by atoms with Gasteiger partial charge in [0.2, 0.25) is 0 Å². The molecule has 0 unspecified atom stereocenters. The van der Waals surface area contributed by atoms with Crippen LogP contribution < -0.4 is 11.4 Å². The number of nitrogens with two attached hydrogens (primary N) is 1. The van der Waals surface area contributed by atoms with Crippen LogP contribution in [0.2, 0.25) is 0 Å². The zero-order chi connectivity index (χ0) is 9.35. The van der Waals surface area contributed by atoms with Gasteiger partial charge in [0.1, 0.15) is 5.82 Å². The summed E-state index contributed by atoms with van der Waals surface area (Å²) in [6.45, 7) is 0. The summed E-state index contributed by atoms with van der Waals surface area (Å²) in [5.74, 6) is -0.272. The summed E-state index contributed by atoms with van der Waals surface area (Å²) < 4.78 is 29.3. The lowest BCUT2D eigenvalue weighted by Crippen LogP contribution is -2.17. The Morgan fingerprint density at radius 2 is 2.17 bits per heavy atom. The second-order valence-electron chi connectivity index (χ2n) is 1.95. The third-order valence-electron chi connectivity index (χ3n) is 1.02. The first-order valence-corrected chi connectivity index (χ1v) is 4.18. The maximum Gasteiger partial charge on any atom is 0.347 e.